The van der Waals surface area contributed by atoms with Crippen molar-refractivity contribution in [2.24, 2.45) is 11.7 Å². The number of thiol groups is 1. The van der Waals surface area contributed by atoms with Crippen LogP contribution in [-0.4, -0.2) is 10.6 Å². The summed E-state index contributed by atoms with van der Waals surface area (Å²) >= 11 is 1.61. The van der Waals surface area contributed by atoms with Crippen molar-refractivity contribution < 1.29 is 4.21 Å². The van der Waals surface area contributed by atoms with Crippen molar-refractivity contribution in [3.05, 3.63) is 21.9 Å². The van der Waals surface area contributed by atoms with Gasteiger partial charge in [0, 0.05) is 15.8 Å². The molecule has 2 rings (SSSR count). The van der Waals surface area contributed by atoms with E-state index >= 15 is 0 Å². The van der Waals surface area contributed by atoms with Gasteiger partial charge in [-0.1, -0.05) is 17.1 Å². The van der Waals surface area contributed by atoms with Crippen molar-refractivity contribution in [1.82, 2.24) is 4.72 Å². The van der Waals surface area contributed by atoms with Gasteiger partial charge in [-0.25, -0.2) is 0 Å². The Bertz CT molecular complexity index is 527. The first kappa shape index (κ1) is 16.6. The molecule has 1 aliphatic rings. The second kappa shape index (κ2) is 6.58. The van der Waals surface area contributed by atoms with Gasteiger partial charge < -0.3 is 5.73 Å². The summed E-state index contributed by atoms with van der Waals surface area (Å²) in [5.74, 6) is 0.632. The van der Waals surface area contributed by atoms with E-state index in [0.717, 1.165) is 10.4 Å². The van der Waals surface area contributed by atoms with Crippen molar-refractivity contribution in [2.45, 2.75) is 57.2 Å². The third-order valence-electron chi connectivity index (χ3n) is 3.97. The van der Waals surface area contributed by atoms with Crippen LogP contribution in [0.4, 0.5) is 0 Å². The third kappa shape index (κ3) is 4.14. The monoisotopic (exact) mass is 328 g/mol. The third-order valence-corrected chi connectivity index (χ3v) is 6.72. The molecular formula is C15H26N3OS2+. The van der Waals surface area contributed by atoms with Gasteiger partial charge in [0.05, 0.1) is 6.04 Å². The minimum atomic E-state index is -1.49. The zero-order valence-electron chi connectivity index (χ0n) is 13.0. The lowest BCUT2D eigenvalue weighted by Crippen LogP contribution is -2.37. The lowest BCUT2D eigenvalue weighted by atomic mass is 9.97. The van der Waals surface area contributed by atoms with Crippen molar-refractivity contribution in [3.8, 4) is 0 Å². The molecule has 0 bridgehead atoms. The van der Waals surface area contributed by atoms with E-state index in [1.54, 1.807) is 11.3 Å². The molecular weight excluding hydrogens is 302 g/mol. The van der Waals surface area contributed by atoms with Crippen LogP contribution in [0.25, 0.3) is 0 Å². The molecule has 0 aromatic carbocycles. The summed E-state index contributed by atoms with van der Waals surface area (Å²) in [6.07, 6.45) is 4.86. The van der Waals surface area contributed by atoms with Crippen molar-refractivity contribution >= 4 is 28.2 Å². The van der Waals surface area contributed by atoms with E-state index in [0.29, 0.717) is 5.92 Å². The fourth-order valence-corrected chi connectivity index (χ4v) is 4.80. The molecule has 1 heterocycles. The maximum absolute atomic E-state index is 12.5. The molecule has 0 aliphatic heterocycles. The van der Waals surface area contributed by atoms with Gasteiger partial charge in [0.15, 0.2) is 0 Å². The molecule has 21 heavy (non-hydrogen) atoms. The highest BCUT2D eigenvalue weighted by atomic mass is 32.2. The smallest absolute Gasteiger partial charge is 0.147 e. The molecule has 1 aromatic rings. The van der Waals surface area contributed by atoms with Gasteiger partial charge in [0.1, 0.15) is 21.6 Å². The Morgan fingerprint density at radius 3 is 2.57 bits per heavy atom. The molecule has 0 saturated heterocycles. The number of nitrogen functional groups attached to an aromatic ring is 1. The van der Waals surface area contributed by atoms with E-state index in [9.17, 15) is 4.21 Å². The molecule has 1 unspecified atom stereocenters. The van der Waals surface area contributed by atoms with Crippen LogP contribution in [0.15, 0.2) is 11.4 Å². The largest absolute Gasteiger partial charge is 0.384 e. The Morgan fingerprint density at radius 1 is 1.48 bits per heavy atom. The minimum Gasteiger partial charge on any atom is -0.384 e. The van der Waals surface area contributed by atoms with Crippen LogP contribution in [0.1, 0.15) is 62.9 Å². The van der Waals surface area contributed by atoms with Gasteiger partial charge in [0.2, 0.25) is 0 Å². The van der Waals surface area contributed by atoms with Crippen LogP contribution in [0.3, 0.4) is 0 Å². The van der Waals surface area contributed by atoms with E-state index in [4.69, 9.17) is 11.1 Å². The van der Waals surface area contributed by atoms with Crippen LogP contribution in [0.5, 0.6) is 0 Å². The standard InChI is InChI=1S/C15H25N3OS2/c1-15(2,3)21(19)18-13(10-6-4-5-7-10)12-8-11(9-20-12)14(16)17/h8-10,13H,4-7H2,1-3H3,(H3,16,17)(H,18,19)/p+1/t13-,21?/m1/s1. The van der Waals surface area contributed by atoms with Gasteiger partial charge >= 0.3 is 0 Å². The number of nitrogens with two attached hydrogens (primary N) is 1. The number of hydrogen-bond acceptors (Lipinski definition) is 3. The Hall–Kier alpha value is -0.720. The van der Waals surface area contributed by atoms with Gasteiger partial charge in [-0.05, 0) is 45.6 Å². The van der Waals surface area contributed by atoms with Crippen LogP contribution in [-0.2, 0) is 15.2 Å². The summed E-state index contributed by atoms with van der Waals surface area (Å²) in [6, 6.07) is 2.10. The predicted octanol–water partition coefficient (Wildman–Crippen LogP) is 3.26. The summed E-state index contributed by atoms with van der Waals surface area (Å²) in [5, 5.41) is 9.47. The lowest BCUT2D eigenvalue weighted by molar-refractivity contribution is 0.418. The summed E-state index contributed by atoms with van der Waals surface area (Å²) in [4.78, 5) is 1.15. The minimum absolute atomic E-state index is 0.0999. The molecule has 4 N–H and O–H groups in total. The molecule has 2 atom stereocenters. The Balaban J connectivity index is 2.22. The van der Waals surface area contributed by atoms with Gasteiger partial charge in [-0.3, -0.25) is 5.41 Å². The van der Waals surface area contributed by atoms with Crippen molar-refractivity contribution in [3.63, 3.8) is 0 Å². The van der Waals surface area contributed by atoms with E-state index in [-0.39, 0.29) is 16.6 Å². The normalized spacial score (nSPS) is 19.6. The Kier molecular flexibility index (Phi) is 5.22. The molecule has 4 nitrogen and oxygen atoms in total. The quantitative estimate of drug-likeness (QED) is 0.336. The zero-order chi connectivity index (χ0) is 15.6. The van der Waals surface area contributed by atoms with Crippen LogP contribution < -0.4 is 10.5 Å². The van der Waals surface area contributed by atoms with E-state index in [1.807, 2.05) is 32.2 Å². The average Bonchev–Trinajstić information content (AvgIpc) is 3.05. The highest BCUT2D eigenvalue weighted by Crippen LogP contribution is 2.38. The first-order valence-electron chi connectivity index (χ1n) is 7.45. The van der Waals surface area contributed by atoms with Crippen molar-refractivity contribution in [1.29, 1.82) is 5.41 Å². The fraction of sp³-hybridized carbons (Fsp3) is 0.667. The topological polar surface area (TPSA) is 79.0 Å². The number of nitrogens with one attached hydrogen (secondary N) is 2. The zero-order valence-corrected chi connectivity index (χ0v) is 14.7. The van der Waals surface area contributed by atoms with Gasteiger partial charge in [-0.2, -0.15) is 0 Å². The summed E-state index contributed by atoms with van der Waals surface area (Å²) < 4.78 is 15.7. The maximum atomic E-state index is 12.5. The number of rotatable bonds is 5. The summed E-state index contributed by atoms with van der Waals surface area (Å²) in [5.41, 5.74) is 6.33. The molecule has 118 valence electrons. The molecule has 1 aromatic heterocycles. The average molecular weight is 329 g/mol. The van der Waals surface area contributed by atoms with Crippen LogP contribution in [0, 0.1) is 11.3 Å². The van der Waals surface area contributed by atoms with Gasteiger partial charge in [-0.15, -0.1) is 16.1 Å². The first-order chi connectivity index (χ1) is 9.79. The molecule has 0 radical (unpaired) electrons. The van der Waals surface area contributed by atoms with Crippen LogP contribution >= 0.6 is 11.3 Å². The van der Waals surface area contributed by atoms with E-state index < -0.39 is 11.0 Å². The fourth-order valence-electron chi connectivity index (χ4n) is 2.67. The second-order valence-corrected chi connectivity index (χ2v) is 9.90. The Labute approximate surface area is 133 Å². The Morgan fingerprint density at radius 2 is 2.10 bits per heavy atom. The molecule has 1 fully saturated rings. The highest BCUT2D eigenvalue weighted by Gasteiger charge is 2.35. The number of amidine groups is 1. The number of hydrogen-bond donors (Lipinski definition) is 3. The summed E-state index contributed by atoms with van der Waals surface area (Å²) in [6.45, 7) is 6.00. The van der Waals surface area contributed by atoms with E-state index in [1.165, 1.54) is 25.7 Å². The second-order valence-electron chi connectivity index (χ2n) is 6.77. The molecule has 1 saturated carbocycles. The molecule has 6 heteroatoms. The molecule has 0 amide bonds. The SMILES string of the molecule is CC(C)(C)[SH+](=O)N[C@@H](c1cc(C(=N)N)cs1)C1CCCC1. The lowest BCUT2D eigenvalue weighted by Gasteiger charge is -2.23. The van der Waals surface area contributed by atoms with Crippen LogP contribution in [0.2, 0.25) is 0 Å². The first-order valence-corrected chi connectivity index (χ1v) is 9.59. The number of thiophene rings is 1. The molecule has 1 aliphatic carbocycles. The van der Waals surface area contributed by atoms with Gasteiger partial charge in [0.25, 0.3) is 0 Å². The van der Waals surface area contributed by atoms with Crippen molar-refractivity contribution in [2.75, 3.05) is 0 Å². The predicted molar refractivity (Wildman–Crippen MR) is 92.4 cm³/mol. The molecule has 0 spiro atoms. The maximum Gasteiger partial charge on any atom is 0.147 e. The summed E-state index contributed by atoms with van der Waals surface area (Å²) in [7, 11) is -1.49. The highest BCUT2D eigenvalue weighted by molar-refractivity contribution is 7.84. The van der Waals surface area contributed by atoms with E-state index in [2.05, 4.69) is 4.72 Å².